The average Bonchev–Trinajstić information content (AvgIpc) is 2.32. The number of carboxylic acids is 1. The smallest absolute Gasteiger partial charge is 0.329 e. The maximum absolute atomic E-state index is 12.0. The lowest BCUT2D eigenvalue weighted by Crippen LogP contribution is -2.51. The summed E-state index contributed by atoms with van der Waals surface area (Å²) in [6, 6.07) is 4.85. The first-order chi connectivity index (χ1) is 8.30. The molecule has 0 fully saturated rings. The van der Waals surface area contributed by atoms with E-state index in [2.05, 4.69) is 27.9 Å². The van der Waals surface area contributed by atoms with Crippen molar-refractivity contribution in [3.05, 3.63) is 32.4 Å². The molecule has 0 spiro atoms. The predicted octanol–water partition coefficient (Wildman–Crippen LogP) is 2.93. The standard InChI is InChI=1S/C12H13ClINO3/c1-3-12(2,11(17)18)15-10(16)7-4-5-9(14)8(13)6-7/h4-6H,3H2,1-2H3,(H,15,16)(H,17,18). The summed E-state index contributed by atoms with van der Waals surface area (Å²) in [7, 11) is 0. The Bertz CT molecular complexity index is 492. The number of hydrogen-bond acceptors (Lipinski definition) is 2. The molecule has 1 amide bonds. The largest absolute Gasteiger partial charge is 0.480 e. The summed E-state index contributed by atoms with van der Waals surface area (Å²) in [5.41, 5.74) is -0.923. The molecule has 6 heteroatoms. The van der Waals surface area contributed by atoms with E-state index in [1.807, 2.05) is 0 Å². The zero-order valence-electron chi connectivity index (χ0n) is 9.96. The molecule has 0 saturated carbocycles. The Hall–Kier alpha value is -0.820. The number of carboxylic acid groups (broad SMARTS) is 1. The van der Waals surface area contributed by atoms with Crippen LogP contribution < -0.4 is 5.32 Å². The summed E-state index contributed by atoms with van der Waals surface area (Å²) < 4.78 is 0.835. The summed E-state index contributed by atoms with van der Waals surface area (Å²) in [4.78, 5) is 23.0. The Kier molecular flexibility index (Phi) is 4.98. The van der Waals surface area contributed by atoms with Crippen LogP contribution in [0.3, 0.4) is 0 Å². The van der Waals surface area contributed by atoms with E-state index in [0.29, 0.717) is 17.0 Å². The number of benzene rings is 1. The number of halogens is 2. The summed E-state index contributed by atoms with van der Waals surface area (Å²) in [5, 5.41) is 12.1. The van der Waals surface area contributed by atoms with Crippen molar-refractivity contribution in [2.75, 3.05) is 0 Å². The second kappa shape index (κ2) is 5.88. The van der Waals surface area contributed by atoms with Crippen LogP contribution in [0.1, 0.15) is 30.6 Å². The van der Waals surface area contributed by atoms with Crippen molar-refractivity contribution in [3.8, 4) is 0 Å². The molecule has 0 saturated heterocycles. The number of amides is 1. The molecule has 4 nitrogen and oxygen atoms in total. The topological polar surface area (TPSA) is 66.4 Å². The van der Waals surface area contributed by atoms with Crippen LogP contribution in [-0.2, 0) is 4.79 Å². The van der Waals surface area contributed by atoms with E-state index < -0.39 is 17.4 Å². The first kappa shape index (κ1) is 15.2. The molecule has 1 atom stereocenters. The number of carbonyl (C=O) groups is 2. The van der Waals surface area contributed by atoms with Crippen molar-refractivity contribution in [2.24, 2.45) is 0 Å². The zero-order valence-corrected chi connectivity index (χ0v) is 12.9. The van der Waals surface area contributed by atoms with Crippen LogP contribution in [0, 0.1) is 3.57 Å². The molecule has 1 unspecified atom stereocenters. The van der Waals surface area contributed by atoms with Crippen LogP contribution in [0.25, 0.3) is 0 Å². The molecule has 0 bridgehead atoms. The first-order valence-corrected chi connectivity index (χ1v) is 6.77. The molecule has 1 aromatic rings. The summed E-state index contributed by atoms with van der Waals surface area (Å²) in [6.45, 7) is 3.18. The SMILES string of the molecule is CCC(C)(NC(=O)c1ccc(I)c(Cl)c1)C(=O)O. The molecule has 2 N–H and O–H groups in total. The van der Waals surface area contributed by atoms with E-state index >= 15 is 0 Å². The molecule has 1 aromatic carbocycles. The van der Waals surface area contributed by atoms with Gasteiger partial charge in [0.15, 0.2) is 0 Å². The van der Waals surface area contributed by atoms with Gasteiger partial charge in [-0.15, -0.1) is 0 Å². The van der Waals surface area contributed by atoms with Crippen molar-refractivity contribution in [2.45, 2.75) is 25.8 Å². The lowest BCUT2D eigenvalue weighted by atomic mass is 9.98. The highest BCUT2D eigenvalue weighted by molar-refractivity contribution is 14.1. The normalized spacial score (nSPS) is 13.8. The van der Waals surface area contributed by atoms with Crippen LogP contribution in [0.15, 0.2) is 18.2 Å². The van der Waals surface area contributed by atoms with Crippen LogP contribution in [0.5, 0.6) is 0 Å². The fourth-order valence-electron chi connectivity index (χ4n) is 1.25. The minimum atomic E-state index is -1.27. The Balaban J connectivity index is 2.95. The van der Waals surface area contributed by atoms with E-state index in [9.17, 15) is 9.59 Å². The fraction of sp³-hybridized carbons (Fsp3) is 0.333. The summed E-state index contributed by atoms with van der Waals surface area (Å²) in [6.07, 6.45) is 0.298. The van der Waals surface area contributed by atoms with Crippen molar-refractivity contribution >= 4 is 46.1 Å². The van der Waals surface area contributed by atoms with E-state index in [0.717, 1.165) is 3.57 Å². The van der Waals surface area contributed by atoms with Gasteiger partial charge in [0, 0.05) is 9.13 Å². The average molecular weight is 382 g/mol. The van der Waals surface area contributed by atoms with Gasteiger partial charge in [0.2, 0.25) is 0 Å². The third-order valence-electron chi connectivity index (χ3n) is 2.75. The van der Waals surface area contributed by atoms with Crippen LogP contribution in [0.2, 0.25) is 5.02 Å². The van der Waals surface area contributed by atoms with Gasteiger partial charge in [-0.2, -0.15) is 0 Å². The monoisotopic (exact) mass is 381 g/mol. The van der Waals surface area contributed by atoms with Crippen molar-refractivity contribution in [3.63, 3.8) is 0 Å². The highest BCUT2D eigenvalue weighted by Gasteiger charge is 2.33. The molecular formula is C12H13ClINO3. The van der Waals surface area contributed by atoms with E-state index in [4.69, 9.17) is 16.7 Å². The van der Waals surface area contributed by atoms with Gasteiger partial charge in [0.25, 0.3) is 5.91 Å². The van der Waals surface area contributed by atoms with Gasteiger partial charge in [0.05, 0.1) is 5.02 Å². The number of hydrogen-bond donors (Lipinski definition) is 2. The lowest BCUT2D eigenvalue weighted by molar-refractivity contribution is -0.143. The van der Waals surface area contributed by atoms with Gasteiger partial charge in [0.1, 0.15) is 5.54 Å². The Morgan fingerprint density at radius 3 is 2.56 bits per heavy atom. The number of carbonyl (C=O) groups excluding carboxylic acids is 1. The molecular weight excluding hydrogens is 368 g/mol. The van der Waals surface area contributed by atoms with Gasteiger partial charge in [-0.1, -0.05) is 18.5 Å². The predicted molar refractivity (Wildman–Crippen MR) is 78.0 cm³/mol. The van der Waals surface area contributed by atoms with Gasteiger partial charge in [-0.25, -0.2) is 4.79 Å². The van der Waals surface area contributed by atoms with Crippen LogP contribution in [-0.4, -0.2) is 22.5 Å². The van der Waals surface area contributed by atoms with Gasteiger partial charge in [-0.05, 0) is 54.1 Å². The Labute approximate surface area is 124 Å². The molecule has 1 rings (SSSR count). The van der Waals surface area contributed by atoms with Crippen LogP contribution >= 0.6 is 34.2 Å². The maximum atomic E-state index is 12.0. The van der Waals surface area contributed by atoms with Crippen molar-refractivity contribution in [1.82, 2.24) is 5.32 Å². The summed E-state index contributed by atoms with van der Waals surface area (Å²) in [5.74, 6) is -1.50. The number of aliphatic carboxylic acids is 1. The molecule has 0 heterocycles. The van der Waals surface area contributed by atoms with Crippen molar-refractivity contribution in [1.29, 1.82) is 0 Å². The van der Waals surface area contributed by atoms with Gasteiger partial charge < -0.3 is 10.4 Å². The Morgan fingerprint density at radius 2 is 2.11 bits per heavy atom. The minimum absolute atomic E-state index is 0.298. The molecule has 18 heavy (non-hydrogen) atoms. The highest BCUT2D eigenvalue weighted by atomic mass is 127. The molecule has 0 radical (unpaired) electrons. The van der Waals surface area contributed by atoms with E-state index in [1.54, 1.807) is 19.1 Å². The molecule has 98 valence electrons. The van der Waals surface area contributed by atoms with Crippen molar-refractivity contribution < 1.29 is 14.7 Å². The summed E-state index contributed by atoms with van der Waals surface area (Å²) >= 11 is 7.97. The lowest BCUT2D eigenvalue weighted by Gasteiger charge is -2.24. The zero-order chi connectivity index (χ0) is 13.9. The molecule has 0 aliphatic rings. The Morgan fingerprint density at radius 1 is 1.50 bits per heavy atom. The minimum Gasteiger partial charge on any atom is -0.480 e. The fourth-order valence-corrected chi connectivity index (χ4v) is 1.77. The third kappa shape index (κ3) is 3.35. The highest BCUT2D eigenvalue weighted by Crippen LogP contribution is 2.20. The molecule has 0 aromatic heterocycles. The molecule has 0 aliphatic heterocycles. The number of rotatable bonds is 4. The third-order valence-corrected chi connectivity index (χ3v) is 4.32. The first-order valence-electron chi connectivity index (χ1n) is 5.31. The second-order valence-corrected chi connectivity index (χ2v) is 5.64. The number of nitrogens with one attached hydrogen (secondary N) is 1. The van der Waals surface area contributed by atoms with Gasteiger partial charge >= 0.3 is 5.97 Å². The van der Waals surface area contributed by atoms with E-state index in [1.165, 1.54) is 13.0 Å². The van der Waals surface area contributed by atoms with E-state index in [-0.39, 0.29) is 0 Å². The van der Waals surface area contributed by atoms with Crippen LogP contribution in [0.4, 0.5) is 0 Å². The quantitative estimate of drug-likeness (QED) is 0.788. The second-order valence-electron chi connectivity index (χ2n) is 4.07. The van der Waals surface area contributed by atoms with Gasteiger partial charge in [-0.3, -0.25) is 4.79 Å². The maximum Gasteiger partial charge on any atom is 0.329 e. The molecule has 0 aliphatic carbocycles.